The summed E-state index contributed by atoms with van der Waals surface area (Å²) in [6.45, 7) is 0. The van der Waals surface area contributed by atoms with E-state index >= 15 is 0 Å². The number of rotatable bonds is 3. The number of nitrogens with zero attached hydrogens (tertiary/aromatic N) is 2. The van der Waals surface area contributed by atoms with Gasteiger partial charge in [-0.3, -0.25) is 5.43 Å². The van der Waals surface area contributed by atoms with Crippen LogP contribution in [0, 0.1) is 0 Å². The van der Waals surface area contributed by atoms with Crippen molar-refractivity contribution >= 4 is 28.8 Å². The first-order valence-electron chi connectivity index (χ1n) is 8.17. The van der Waals surface area contributed by atoms with Crippen molar-refractivity contribution in [3.05, 3.63) is 94.5 Å². The number of hydrogen-bond acceptors (Lipinski definition) is 4. The Morgan fingerprint density at radius 3 is 2.38 bits per heavy atom. The summed E-state index contributed by atoms with van der Waals surface area (Å²) in [6.07, 6.45) is 0. The minimum atomic E-state index is 0.666. The molecule has 4 nitrogen and oxygen atoms in total. The number of halogens is 1. The maximum atomic E-state index is 6.00. The van der Waals surface area contributed by atoms with E-state index in [9.17, 15) is 0 Å². The van der Waals surface area contributed by atoms with Crippen LogP contribution in [-0.4, -0.2) is 18.7 Å². The molecule has 0 amide bonds. The summed E-state index contributed by atoms with van der Waals surface area (Å²) in [5.74, 6) is 1.43. The summed E-state index contributed by atoms with van der Waals surface area (Å²) in [6, 6.07) is 23.3. The van der Waals surface area contributed by atoms with E-state index in [1.54, 1.807) is 7.11 Å². The van der Waals surface area contributed by atoms with Crippen molar-refractivity contribution < 1.29 is 4.74 Å². The lowest BCUT2D eigenvalue weighted by Gasteiger charge is -2.09. The third-order valence-electron chi connectivity index (χ3n) is 4.13. The van der Waals surface area contributed by atoms with Gasteiger partial charge in [-0.1, -0.05) is 41.9 Å². The molecule has 0 atom stereocenters. The summed E-state index contributed by atoms with van der Waals surface area (Å²) in [7, 11) is 1.65. The SMILES string of the molecule is COc1ccc2c(c1)C(c1ccccc1)=NNC(c1ccc(Cl)cc1)=N2. The van der Waals surface area contributed by atoms with E-state index in [4.69, 9.17) is 21.3 Å². The molecule has 128 valence electrons. The lowest BCUT2D eigenvalue weighted by Crippen LogP contribution is -2.19. The van der Waals surface area contributed by atoms with Crippen LogP contribution in [0.1, 0.15) is 16.7 Å². The molecule has 0 saturated carbocycles. The second-order valence-electron chi connectivity index (χ2n) is 5.79. The number of hydrogen-bond donors (Lipinski definition) is 1. The molecule has 0 saturated heterocycles. The third kappa shape index (κ3) is 3.19. The summed E-state index contributed by atoms with van der Waals surface area (Å²) in [4.78, 5) is 4.78. The molecule has 1 heterocycles. The Kier molecular flexibility index (Phi) is 4.42. The monoisotopic (exact) mass is 361 g/mol. The van der Waals surface area contributed by atoms with Crippen molar-refractivity contribution in [3.8, 4) is 5.75 Å². The van der Waals surface area contributed by atoms with Crippen LogP contribution in [0.15, 0.2) is 82.9 Å². The predicted molar refractivity (Wildman–Crippen MR) is 106 cm³/mol. The number of aliphatic imine (C=N–C) groups is 1. The van der Waals surface area contributed by atoms with Crippen LogP contribution >= 0.6 is 11.6 Å². The molecule has 5 heteroatoms. The third-order valence-corrected chi connectivity index (χ3v) is 4.38. The predicted octanol–water partition coefficient (Wildman–Crippen LogP) is 4.78. The summed E-state index contributed by atoms with van der Waals surface area (Å²) < 4.78 is 5.39. The van der Waals surface area contributed by atoms with Crippen LogP contribution < -0.4 is 10.2 Å². The second-order valence-corrected chi connectivity index (χ2v) is 6.23. The molecule has 0 spiro atoms. The fraction of sp³-hybridized carbons (Fsp3) is 0.0476. The molecule has 0 aromatic heterocycles. The highest BCUT2D eigenvalue weighted by atomic mass is 35.5. The van der Waals surface area contributed by atoms with Crippen LogP contribution in [0.3, 0.4) is 0 Å². The van der Waals surface area contributed by atoms with Crippen molar-refractivity contribution in [1.82, 2.24) is 5.43 Å². The molecule has 0 unspecified atom stereocenters. The number of fused-ring (bicyclic) bond motifs is 1. The van der Waals surface area contributed by atoms with Crippen LogP contribution in [-0.2, 0) is 0 Å². The zero-order valence-electron chi connectivity index (χ0n) is 14.1. The van der Waals surface area contributed by atoms with Crippen LogP contribution in [0.2, 0.25) is 5.02 Å². The molecule has 3 aromatic carbocycles. The molecule has 1 N–H and O–H groups in total. The first-order valence-corrected chi connectivity index (χ1v) is 8.54. The van der Waals surface area contributed by atoms with Crippen LogP contribution in [0.4, 0.5) is 5.69 Å². The zero-order chi connectivity index (χ0) is 17.9. The van der Waals surface area contributed by atoms with Crippen LogP contribution in [0.5, 0.6) is 5.75 Å². The fourth-order valence-electron chi connectivity index (χ4n) is 2.80. The van der Waals surface area contributed by atoms with E-state index < -0.39 is 0 Å². The van der Waals surface area contributed by atoms with Gasteiger partial charge in [-0.25, -0.2) is 4.99 Å². The minimum absolute atomic E-state index is 0.666. The minimum Gasteiger partial charge on any atom is -0.497 e. The van der Waals surface area contributed by atoms with Gasteiger partial charge in [0.05, 0.1) is 12.8 Å². The molecule has 1 aliphatic heterocycles. The van der Waals surface area contributed by atoms with Gasteiger partial charge in [0.2, 0.25) is 0 Å². The maximum absolute atomic E-state index is 6.00. The van der Waals surface area contributed by atoms with Crippen molar-refractivity contribution in [3.63, 3.8) is 0 Å². The zero-order valence-corrected chi connectivity index (χ0v) is 14.9. The second kappa shape index (κ2) is 7.02. The quantitative estimate of drug-likeness (QED) is 0.729. The van der Waals surface area contributed by atoms with Crippen LogP contribution in [0.25, 0.3) is 0 Å². The van der Waals surface area contributed by atoms with E-state index in [1.165, 1.54) is 0 Å². The first-order chi connectivity index (χ1) is 12.7. The number of hydrazone groups is 1. The Hall–Kier alpha value is -3.11. The molecule has 0 aliphatic carbocycles. The van der Waals surface area contributed by atoms with Crippen molar-refractivity contribution in [1.29, 1.82) is 0 Å². The Morgan fingerprint density at radius 1 is 0.885 bits per heavy atom. The summed E-state index contributed by atoms with van der Waals surface area (Å²) >= 11 is 6.00. The Bertz CT molecular complexity index is 996. The molecular formula is C21H16ClN3O. The smallest absolute Gasteiger partial charge is 0.154 e. The topological polar surface area (TPSA) is 46.0 Å². The number of benzene rings is 3. The number of nitrogens with one attached hydrogen (secondary N) is 1. The maximum Gasteiger partial charge on any atom is 0.154 e. The fourth-order valence-corrected chi connectivity index (χ4v) is 2.92. The van der Waals surface area contributed by atoms with Gasteiger partial charge in [0.1, 0.15) is 11.5 Å². The Labute approximate surface area is 156 Å². The van der Waals surface area contributed by atoms with Gasteiger partial charge >= 0.3 is 0 Å². The molecule has 26 heavy (non-hydrogen) atoms. The number of ether oxygens (including phenoxy) is 1. The van der Waals surface area contributed by atoms with E-state index in [1.807, 2.05) is 72.8 Å². The molecule has 0 radical (unpaired) electrons. The van der Waals surface area contributed by atoms with E-state index in [-0.39, 0.29) is 0 Å². The lowest BCUT2D eigenvalue weighted by molar-refractivity contribution is 0.415. The van der Waals surface area contributed by atoms with Gasteiger partial charge in [-0.05, 0) is 42.5 Å². The van der Waals surface area contributed by atoms with Gasteiger partial charge in [0.25, 0.3) is 0 Å². The molecule has 1 aliphatic rings. The normalized spacial score (nSPS) is 13.0. The average Bonchev–Trinajstić information content (AvgIpc) is 2.88. The molecule has 4 rings (SSSR count). The van der Waals surface area contributed by atoms with E-state index in [2.05, 4.69) is 10.5 Å². The highest BCUT2D eigenvalue weighted by Gasteiger charge is 2.18. The van der Waals surface area contributed by atoms with Crippen molar-refractivity contribution in [2.75, 3.05) is 7.11 Å². The molecule has 0 fully saturated rings. The highest BCUT2D eigenvalue weighted by molar-refractivity contribution is 6.30. The van der Waals surface area contributed by atoms with Crippen molar-refractivity contribution in [2.24, 2.45) is 10.1 Å². The Morgan fingerprint density at radius 2 is 1.65 bits per heavy atom. The number of amidine groups is 1. The standard InChI is InChI=1S/C21H16ClN3O/c1-26-17-11-12-19-18(13-17)20(14-5-3-2-4-6-14)24-25-21(23-19)15-7-9-16(22)10-8-15/h2-13H,1H3,(H,23,25). The lowest BCUT2D eigenvalue weighted by atomic mass is 10.0. The summed E-state index contributed by atoms with van der Waals surface area (Å²) in [5, 5.41) is 5.32. The molecule has 0 bridgehead atoms. The number of methoxy groups -OCH3 is 1. The largest absolute Gasteiger partial charge is 0.497 e. The van der Waals surface area contributed by atoms with Gasteiger partial charge in [0.15, 0.2) is 5.84 Å². The van der Waals surface area contributed by atoms with Gasteiger partial charge in [-0.15, -0.1) is 0 Å². The van der Waals surface area contributed by atoms with E-state index in [0.29, 0.717) is 10.9 Å². The first kappa shape index (κ1) is 16.4. The van der Waals surface area contributed by atoms with E-state index in [0.717, 1.165) is 33.8 Å². The molecule has 3 aromatic rings. The average molecular weight is 362 g/mol. The summed E-state index contributed by atoms with van der Waals surface area (Å²) in [5.41, 5.74) is 7.56. The van der Waals surface area contributed by atoms with Gasteiger partial charge in [-0.2, -0.15) is 5.10 Å². The van der Waals surface area contributed by atoms with Gasteiger partial charge in [0, 0.05) is 21.7 Å². The van der Waals surface area contributed by atoms with Crippen molar-refractivity contribution in [2.45, 2.75) is 0 Å². The van der Waals surface area contributed by atoms with Gasteiger partial charge < -0.3 is 4.74 Å². The Balaban J connectivity index is 1.87. The molecular weight excluding hydrogens is 346 g/mol. The highest BCUT2D eigenvalue weighted by Crippen LogP contribution is 2.29.